The zero-order valence-electron chi connectivity index (χ0n) is 13.6. The zero-order chi connectivity index (χ0) is 16.4. The van der Waals surface area contributed by atoms with Crippen LogP contribution in [0.1, 0.15) is 42.7 Å². The van der Waals surface area contributed by atoms with E-state index in [1.54, 1.807) is 0 Å². The average Bonchev–Trinajstić information content (AvgIpc) is 3.33. The van der Waals surface area contributed by atoms with Gasteiger partial charge in [-0.25, -0.2) is 0 Å². The number of hydrogen-bond acceptors (Lipinski definition) is 4. The molecule has 2 N–H and O–H groups in total. The molecule has 1 fully saturated rings. The third-order valence-electron chi connectivity index (χ3n) is 5.07. The highest BCUT2D eigenvalue weighted by Gasteiger charge is 2.42. The topological polar surface area (TPSA) is 64.9 Å². The molecule has 1 heterocycles. The van der Waals surface area contributed by atoms with Crippen molar-refractivity contribution in [1.82, 2.24) is 10.1 Å². The Morgan fingerprint density at radius 3 is 2.33 bits per heavy atom. The first-order valence-corrected chi connectivity index (χ1v) is 8.51. The van der Waals surface area contributed by atoms with Gasteiger partial charge in [0.25, 0.3) is 0 Å². The Bertz CT molecular complexity index is 802. The maximum absolute atomic E-state index is 5.73. The van der Waals surface area contributed by atoms with E-state index >= 15 is 0 Å². The minimum atomic E-state index is -0.135. The molecule has 0 atom stereocenters. The van der Waals surface area contributed by atoms with Crippen LogP contribution in [0.4, 0.5) is 0 Å². The van der Waals surface area contributed by atoms with Crippen molar-refractivity contribution in [1.29, 1.82) is 0 Å². The molecule has 0 radical (unpaired) electrons. The highest BCUT2D eigenvalue weighted by Crippen LogP contribution is 2.45. The Labute approximate surface area is 141 Å². The number of nitrogens with two attached hydrogens (primary N) is 1. The monoisotopic (exact) mass is 319 g/mol. The minimum Gasteiger partial charge on any atom is -0.338 e. The summed E-state index contributed by atoms with van der Waals surface area (Å²) in [4.78, 5) is 4.76. The lowest BCUT2D eigenvalue weighted by molar-refractivity contribution is 0.311. The molecule has 1 saturated carbocycles. The summed E-state index contributed by atoms with van der Waals surface area (Å²) in [7, 11) is 0. The van der Waals surface area contributed by atoms with Crippen LogP contribution in [0.15, 0.2) is 59.1 Å². The van der Waals surface area contributed by atoms with Crippen LogP contribution in [0.2, 0.25) is 0 Å². The van der Waals surface area contributed by atoms with Crippen LogP contribution in [0.25, 0.3) is 11.4 Å². The molecule has 1 aromatic heterocycles. The van der Waals surface area contributed by atoms with Crippen molar-refractivity contribution in [2.75, 3.05) is 0 Å². The number of rotatable bonds is 4. The van der Waals surface area contributed by atoms with Gasteiger partial charge in [-0.1, -0.05) is 72.6 Å². The molecule has 0 aliphatic heterocycles. The number of aromatic nitrogens is 2. The lowest BCUT2D eigenvalue weighted by atomic mass is 9.79. The fraction of sp³-hybridized carbons (Fsp3) is 0.300. The van der Waals surface area contributed by atoms with E-state index in [9.17, 15) is 0 Å². The lowest BCUT2D eigenvalue weighted by Crippen LogP contribution is -2.24. The largest absolute Gasteiger partial charge is 0.338 e. The number of hydrogen-bond donors (Lipinski definition) is 1. The van der Waals surface area contributed by atoms with Crippen molar-refractivity contribution in [3.63, 3.8) is 0 Å². The summed E-state index contributed by atoms with van der Waals surface area (Å²) in [6.07, 6.45) is 4.51. The van der Waals surface area contributed by atoms with E-state index in [0.717, 1.165) is 29.9 Å². The first-order valence-electron chi connectivity index (χ1n) is 8.51. The zero-order valence-corrected chi connectivity index (χ0v) is 13.6. The summed E-state index contributed by atoms with van der Waals surface area (Å²) >= 11 is 0. The van der Waals surface area contributed by atoms with Gasteiger partial charge in [0, 0.05) is 12.1 Å². The molecule has 1 aliphatic carbocycles. The van der Waals surface area contributed by atoms with Crippen molar-refractivity contribution >= 4 is 0 Å². The van der Waals surface area contributed by atoms with Gasteiger partial charge in [-0.05, 0) is 24.0 Å². The third-order valence-corrected chi connectivity index (χ3v) is 5.07. The van der Waals surface area contributed by atoms with Crippen molar-refractivity contribution in [2.45, 2.75) is 37.6 Å². The van der Waals surface area contributed by atoms with Crippen LogP contribution < -0.4 is 5.73 Å². The van der Waals surface area contributed by atoms with E-state index in [1.807, 2.05) is 30.3 Å². The standard InChI is InChI=1S/C20H21N3O/c21-14-15-8-10-16(11-9-15)18-22-19(24-23-18)20(12-4-5-13-20)17-6-2-1-3-7-17/h1-3,6-11H,4-5,12-14,21H2. The first-order chi connectivity index (χ1) is 11.8. The summed E-state index contributed by atoms with van der Waals surface area (Å²) in [5, 5.41) is 4.24. The van der Waals surface area contributed by atoms with Crippen LogP contribution in [-0.2, 0) is 12.0 Å². The van der Waals surface area contributed by atoms with E-state index in [4.69, 9.17) is 15.2 Å². The summed E-state index contributed by atoms with van der Waals surface area (Å²) in [6.45, 7) is 0.537. The van der Waals surface area contributed by atoms with E-state index < -0.39 is 0 Å². The van der Waals surface area contributed by atoms with E-state index in [0.29, 0.717) is 12.4 Å². The third kappa shape index (κ3) is 2.53. The number of benzene rings is 2. The molecule has 0 amide bonds. The van der Waals surface area contributed by atoms with Crippen LogP contribution >= 0.6 is 0 Å². The van der Waals surface area contributed by atoms with Crippen LogP contribution in [-0.4, -0.2) is 10.1 Å². The predicted octanol–water partition coefficient (Wildman–Crippen LogP) is 4.06. The molecule has 0 saturated heterocycles. The molecule has 1 aliphatic rings. The highest BCUT2D eigenvalue weighted by molar-refractivity contribution is 5.55. The second-order valence-corrected chi connectivity index (χ2v) is 6.48. The molecule has 4 nitrogen and oxygen atoms in total. The maximum Gasteiger partial charge on any atom is 0.237 e. The molecule has 4 rings (SSSR count). The van der Waals surface area contributed by atoms with Crippen molar-refractivity contribution < 1.29 is 4.52 Å². The Morgan fingerprint density at radius 1 is 0.958 bits per heavy atom. The maximum atomic E-state index is 5.73. The minimum absolute atomic E-state index is 0.135. The fourth-order valence-corrected chi connectivity index (χ4v) is 3.69. The molecule has 0 spiro atoms. The SMILES string of the molecule is NCc1ccc(-c2noc(C3(c4ccccc4)CCCC3)n2)cc1. The highest BCUT2D eigenvalue weighted by atomic mass is 16.5. The molecule has 122 valence electrons. The van der Waals surface area contributed by atoms with E-state index in [-0.39, 0.29) is 5.41 Å². The van der Waals surface area contributed by atoms with Gasteiger partial charge in [0.15, 0.2) is 0 Å². The van der Waals surface area contributed by atoms with E-state index in [1.165, 1.54) is 18.4 Å². The molecular formula is C20H21N3O. The van der Waals surface area contributed by atoms with Gasteiger partial charge >= 0.3 is 0 Å². The Morgan fingerprint density at radius 2 is 1.67 bits per heavy atom. The molecule has 4 heteroatoms. The van der Waals surface area contributed by atoms with Gasteiger partial charge in [-0.15, -0.1) is 0 Å². The van der Waals surface area contributed by atoms with Crippen molar-refractivity contribution in [3.05, 3.63) is 71.6 Å². The fourth-order valence-electron chi connectivity index (χ4n) is 3.69. The van der Waals surface area contributed by atoms with Gasteiger partial charge in [0.2, 0.25) is 11.7 Å². The second kappa shape index (κ2) is 6.21. The van der Waals surface area contributed by atoms with Crippen molar-refractivity contribution in [2.24, 2.45) is 5.73 Å². The Balaban J connectivity index is 1.72. The quantitative estimate of drug-likeness (QED) is 0.787. The van der Waals surface area contributed by atoms with E-state index in [2.05, 4.69) is 29.4 Å². The van der Waals surface area contributed by atoms with Crippen LogP contribution in [0.3, 0.4) is 0 Å². The Hall–Kier alpha value is -2.46. The smallest absolute Gasteiger partial charge is 0.237 e. The summed E-state index contributed by atoms with van der Waals surface area (Å²) < 4.78 is 5.73. The molecular weight excluding hydrogens is 298 g/mol. The molecule has 24 heavy (non-hydrogen) atoms. The second-order valence-electron chi connectivity index (χ2n) is 6.48. The molecule has 3 aromatic rings. The average molecular weight is 319 g/mol. The lowest BCUT2D eigenvalue weighted by Gasteiger charge is -2.25. The van der Waals surface area contributed by atoms with Gasteiger partial charge in [-0.3, -0.25) is 0 Å². The molecule has 0 bridgehead atoms. The normalized spacial score (nSPS) is 16.4. The van der Waals surface area contributed by atoms with Crippen LogP contribution in [0.5, 0.6) is 0 Å². The first kappa shape index (κ1) is 15.1. The van der Waals surface area contributed by atoms with Gasteiger partial charge < -0.3 is 10.3 Å². The summed E-state index contributed by atoms with van der Waals surface area (Å²) in [5.74, 6) is 1.39. The van der Waals surface area contributed by atoms with Gasteiger partial charge in [-0.2, -0.15) is 4.98 Å². The molecule has 2 aromatic carbocycles. The van der Waals surface area contributed by atoms with Crippen molar-refractivity contribution in [3.8, 4) is 11.4 Å². The summed E-state index contributed by atoms with van der Waals surface area (Å²) in [5.41, 5.74) is 8.85. The number of nitrogens with zero attached hydrogens (tertiary/aromatic N) is 2. The van der Waals surface area contributed by atoms with Gasteiger partial charge in [0.05, 0.1) is 5.41 Å². The van der Waals surface area contributed by atoms with Crippen LogP contribution in [0, 0.1) is 0 Å². The Kier molecular flexibility index (Phi) is 3.90. The summed E-state index contributed by atoms with van der Waals surface area (Å²) in [6, 6.07) is 18.6. The molecule has 0 unspecified atom stereocenters. The van der Waals surface area contributed by atoms with Gasteiger partial charge in [0.1, 0.15) is 0 Å². The predicted molar refractivity (Wildman–Crippen MR) is 93.3 cm³/mol.